The first-order valence-electron chi connectivity index (χ1n) is 7.15. The first kappa shape index (κ1) is 14.3. The summed E-state index contributed by atoms with van der Waals surface area (Å²) in [5, 5.41) is 0.0719. The van der Waals surface area contributed by atoms with Gasteiger partial charge in [-0.25, -0.2) is 4.39 Å². The molecule has 1 aliphatic carbocycles. The zero-order chi connectivity index (χ0) is 14.9. The second-order valence-electron chi connectivity index (χ2n) is 5.65. The van der Waals surface area contributed by atoms with Gasteiger partial charge in [0, 0.05) is 6.42 Å². The highest BCUT2D eigenvalue weighted by Crippen LogP contribution is 2.45. The first-order valence-corrected chi connectivity index (χ1v) is 7.52. The van der Waals surface area contributed by atoms with Gasteiger partial charge in [0.25, 0.3) is 0 Å². The summed E-state index contributed by atoms with van der Waals surface area (Å²) in [5.74, 6) is -0.253. The van der Waals surface area contributed by atoms with Crippen molar-refractivity contribution in [1.82, 2.24) is 0 Å². The van der Waals surface area contributed by atoms with Crippen LogP contribution in [0.1, 0.15) is 30.4 Å². The molecule has 1 saturated carbocycles. The van der Waals surface area contributed by atoms with Gasteiger partial charge in [-0.2, -0.15) is 0 Å². The largest absolute Gasteiger partial charge is 0.298 e. The Morgan fingerprint density at radius 1 is 1.14 bits per heavy atom. The molecule has 0 unspecified atom stereocenters. The lowest BCUT2D eigenvalue weighted by atomic mass is 9.61. The average Bonchev–Trinajstić information content (AvgIpc) is 2.43. The molecular weight excluding hydrogens is 287 g/mol. The molecule has 3 heteroatoms. The van der Waals surface area contributed by atoms with Crippen LogP contribution in [-0.4, -0.2) is 5.78 Å². The lowest BCUT2D eigenvalue weighted by molar-refractivity contribution is -0.127. The fourth-order valence-electron chi connectivity index (χ4n) is 3.02. The second-order valence-corrected chi connectivity index (χ2v) is 6.06. The van der Waals surface area contributed by atoms with Crippen molar-refractivity contribution in [2.45, 2.75) is 31.1 Å². The van der Waals surface area contributed by atoms with Crippen LogP contribution in [0.25, 0.3) is 0 Å². The van der Waals surface area contributed by atoms with Crippen molar-refractivity contribution in [1.29, 1.82) is 0 Å². The molecule has 0 heterocycles. The molecule has 2 aromatic rings. The Morgan fingerprint density at radius 2 is 1.86 bits per heavy atom. The van der Waals surface area contributed by atoms with E-state index in [1.807, 2.05) is 30.3 Å². The van der Waals surface area contributed by atoms with Crippen LogP contribution in [0, 0.1) is 5.82 Å². The van der Waals surface area contributed by atoms with E-state index in [4.69, 9.17) is 11.6 Å². The van der Waals surface area contributed by atoms with Crippen molar-refractivity contribution >= 4 is 17.4 Å². The molecule has 0 aliphatic heterocycles. The summed E-state index contributed by atoms with van der Waals surface area (Å²) in [4.78, 5) is 12.8. The average molecular weight is 303 g/mol. The molecule has 0 aromatic heterocycles. The maximum Gasteiger partial charge on any atom is 0.147 e. The van der Waals surface area contributed by atoms with E-state index in [1.54, 1.807) is 12.1 Å². The van der Waals surface area contributed by atoms with Gasteiger partial charge in [0.1, 0.15) is 11.6 Å². The second kappa shape index (κ2) is 5.61. The molecule has 108 valence electrons. The summed E-state index contributed by atoms with van der Waals surface area (Å²) in [5.41, 5.74) is 1.50. The third-order valence-electron chi connectivity index (χ3n) is 4.42. The lowest BCUT2D eigenvalue weighted by Gasteiger charge is -2.41. The van der Waals surface area contributed by atoms with Crippen LogP contribution in [0.3, 0.4) is 0 Å². The summed E-state index contributed by atoms with van der Waals surface area (Å²) < 4.78 is 13.2. The molecule has 0 saturated heterocycles. The van der Waals surface area contributed by atoms with Gasteiger partial charge >= 0.3 is 0 Å². The van der Waals surface area contributed by atoms with Crippen LogP contribution in [0.5, 0.6) is 0 Å². The molecule has 0 atom stereocenters. The third-order valence-corrected chi connectivity index (χ3v) is 4.71. The van der Waals surface area contributed by atoms with E-state index in [-0.39, 0.29) is 16.2 Å². The van der Waals surface area contributed by atoms with Crippen LogP contribution in [0.4, 0.5) is 4.39 Å². The van der Waals surface area contributed by atoms with Gasteiger partial charge in [-0.05, 0) is 36.1 Å². The van der Waals surface area contributed by atoms with Crippen molar-refractivity contribution in [2.75, 3.05) is 0 Å². The summed E-state index contributed by atoms with van der Waals surface area (Å²) in [6.07, 6.45) is 3.16. The van der Waals surface area contributed by atoms with Gasteiger partial charge in [0.2, 0.25) is 0 Å². The molecule has 0 radical (unpaired) electrons. The monoisotopic (exact) mass is 302 g/mol. The SMILES string of the molecule is O=C(Cc1ccc(F)c(Cl)c1)C1(c2ccccc2)CCC1. The smallest absolute Gasteiger partial charge is 0.147 e. The van der Waals surface area contributed by atoms with Crippen molar-refractivity contribution < 1.29 is 9.18 Å². The van der Waals surface area contributed by atoms with Crippen molar-refractivity contribution in [3.63, 3.8) is 0 Å². The van der Waals surface area contributed by atoms with Gasteiger partial charge < -0.3 is 0 Å². The highest BCUT2D eigenvalue weighted by Gasteiger charge is 2.44. The molecule has 0 N–H and O–H groups in total. The Labute approximate surface area is 128 Å². The predicted molar refractivity (Wildman–Crippen MR) is 82.1 cm³/mol. The number of benzene rings is 2. The number of carbonyl (C=O) groups excluding carboxylic acids is 1. The topological polar surface area (TPSA) is 17.1 Å². The molecule has 21 heavy (non-hydrogen) atoms. The van der Waals surface area contributed by atoms with Gasteiger partial charge in [-0.1, -0.05) is 54.4 Å². The van der Waals surface area contributed by atoms with Crippen molar-refractivity contribution in [3.05, 3.63) is 70.5 Å². The lowest BCUT2D eigenvalue weighted by Crippen LogP contribution is -2.43. The Bertz CT molecular complexity index is 662. The minimum absolute atomic E-state index is 0.0719. The van der Waals surface area contributed by atoms with Crippen LogP contribution in [0.2, 0.25) is 5.02 Å². The Balaban J connectivity index is 1.85. The van der Waals surface area contributed by atoms with Crippen molar-refractivity contribution in [2.24, 2.45) is 0 Å². The molecule has 1 nitrogen and oxygen atoms in total. The summed E-state index contributed by atoms with van der Waals surface area (Å²) in [7, 11) is 0. The molecule has 3 rings (SSSR count). The Morgan fingerprint density at radius 3 is 2.43 bits per heavy atom. The van der Waals surface area contributed by atoms with Crippen LogP contribution < -0.4 is 0 Å². The molecule has 0 amide bonds. The highest BCUT2D eigenvalue weighted by molar-refractivity contribution is 6.30. The maximum atomic E-state index is 13.2. The number of carbonyl (C=O) groups is 1. The molecule has 1 fully saturated rings. The number of hydrogen-bond donors (Lipinski definition) is 0. The van der Waals surface area contributed by atoms with E-state index in [0.29, 0.717) is 6.42 Å². The van der Waals surface area contributed by atoms with Gasteiger partial charge in [-0.15, -0.1) is 0 Å². The Hall–Kier alpha value is -1.67. The van der Waals surface area contributed by atoms with E-state index >= 15 is 0 Å². The maximum absolute atomic E-state index is 13.2. The summed E-state index contributed by atoms with van der Waals surface area (Å²) in [6, 6.07) is 14.4. The van der Waals surface area contributed by atoms with E-state index in [0.717, 1.165) is 30.4 Å². The number of hydrogen-bond acceptors (Lipinski definition) is 1. The van der Waals surface area contributed by atoms with Gasteiger partial charge in [0.05, 0.1) is 10.4 Å². The van der Waals surface area contributed by atoms with Crippen LogP contribution in [0.15, 0.2) is 48.5 Å². The third kappa shape index (κ3) is 2.60. The molecule has 2 aromatic carbocycles. The minimum atomic E-state index is -0.450. The first-order chi connectivity index (χ1) is 10.1. The minimum Gasteiger partial charge on any atom is -0.298 e. The normalized spacial score (nSPS) is 16.3. The van der Waals surface area contributed by atoms with Crippen LogP contribution >= 0.6 is 11.6 Å². The van der Waals surface area contributed by atoms with E-state index in [1.165, 1.54) is 6.07 Å². The number of ketones is 1. The van der Waals surface area contributed by atoms with E-state index in [9.17, 15) is 9.18 Å². The molecule has 0 spiro atoms. The quantitative estimate of drug-likeness (QED) is 0.799. The zero-order valence-electron chi connectivity index (χ0n) is 11.6. The predicted octanol–water partition coefficient (Wildman–Crippen LogP) is 4.71. The fourth-order valence-corrected chi connectivity index (χ4v) is 3.22. The zero-order valence-corrected chi connectivity index (χ0v) is 12.4. The van der Waals surface area contributed by atoms with Gasteiger partial charge in [-0.3, -0.25) is 4.79 Å². The standard InChI is InChI=1S/C18H16ClFO/c19-15-11-13(7-8-16(15)20)12-17(21)18(9-4-10-18)14-5-2-1-3-6-14/h1-3,5-8,11H,4,9-10,12H2. The molecule has 1 aliphatic rings. The number of Topliss-reactive ketones (excluding diaryl/α,β-unsaturated/α-hetero) is 1. The van der Waals surface area contributed by atoms with Crippen molar-refractivity contribution in [3.8, 4) is 0 Å². The highest BCUT2D eigenvalue weighted by atomic mass is 35.5. The fraction of sp³-hybridized carbons (Fsp3) is 0.278. The molecule has 0 bridgehead atoms. The van der Waals surface area contributed by atoms with Gasteiger partial charge in [0.15, 0.2) is 0 Å². The molecular formula is C18H16ClFO. The summed E-state index contributed by atoms with van der Waals surface area (Å²) in [6.45, 7) is 0. The van der Waals surface area contributed by atoms with E-state index < -0.39 is 5.82 Å². The Kier molecular flexibility index (Phi) is 3.81. The summed E-state index contributed by atoms with van der Waals surface area (Å²) >= 11 is 5.79. The van der Waals surface area contributed by atoms with Crippen LogP contribution in [-0.2, 0) is 16.6 Å². The number of halogens is 2. The van der Waals surface area contributed by atoms with E-state index in [2.05, 4.69) is 0 Å². The number of rotatable bonds is 4.